The first-order chi connectivity index (χ1) is 20.8. The number of rotatable bonds is 2. The first kappa shape index (κ1) is 22.9. The molecule has 0 atom stereocenters. The number of hydrogen-bond donors (Lipinski definition) is 0. The second kappa shape index (κ2) is 8.57. The van der Waals surface area contributed by atoms with Crippen molar-refractivity contribution >= 4 is 62.1 Å². The van der Waals surface area contributed by atoms with Crippen molar-refractivity contribution in [3.05, 3.63) is 127 Å². The van der Waals surface area contributed by atoms with Gasteiger partial charge in [-0.25, -0.2) is 9.97 Å². The molecule has 5 aromatic carbocycles. The average Bonchev–Trinajstić information content (AvgIpc) is 3.39. The molecule has 7 heteroatoms. The van der Waals surface area contributed by atoms with Crippen LogP contribution >= 0.6 is 0 Å². The summed E-state index contributed by atoms with van der Waals surface area (Å²) >= 11 is 0. The number of nitrogens with zero attached hydrogens (tertiary/aromatic N) is 5. The van der Waals surface area contributed by atoms with Crippen molar-refractivity contribution in [2.45, 2.75) is 0 Å². The summed E-state index contributed by atoms with van der Waals surface area (Å²) in [6.07, 6.45) is 0. The molecule has 0 aliphatic carbocycles. The van der Waals surface area contributed by atoms with Gasteiger partial charge in [-0.2, -0.15) is 5.26 Å². The third-order valence-electron chi connectivity index (χ3n) is 8.35. The van der Waals surface area contributed by atoms with Gasteiger partial charge >= 0.3 is 0 Å². The summed E-state index contributed by atoms with van der Waals surface area (Å²) in [7, 11) is 0. The lowest BCUT2D eigenvalue weighted by atomic mass is 9.34. The van der Waals surface area contributed by atoms with Crippen LogP contribution in [-0.4, -0.2) is 21.2 Å². The quantitative estimate of drug-likeness (QED) is 0.259. The lowest BCUT2D eigenvalue weighted by Crippen LogP contribution is -2.59. The van der Waals surface area contributed by atoms with E-state index in [2.05, 4.69) is 76.2 Å². The van der Waals surface area contributed by atoms with Crippen LogP contribution in [0.15, 0.2) is 121 Å². The van der Waals surface area contributed by atoms with Crippen LogP contribution in [0.25, 0.3) is 27.6 Å². The van der Waals surface area contributed by atoms with Gasteiger partial charge in [0, 0.05) is 28.2 Å². The SMILES string of the molecule is N#Cc1nc(N2c3ccccc3B3c4ccccc4Oc4cccc2c43)cc(-n2c3ccccc3c3ccccc32)n1. The van der Waals surface area contributed by atoms with Gasteiger partial charge < -0.3 is 4.74 Å². The summed E-state index contributed by atoms with van der Waals surface area (Å²) in [5, 5.41) is 12.4. The molecule has 0 N–H and O–H groups in total. The predicted octanol–water partition coefficient (Wildman–Crippen LogP) is 5.85. The van der Waals surface area contributed by atoms with Crippen LogP contribution in [0.5, 0.6) is 11.5 Å². The second-order valence-corrected chi connectivity index (χ2v) is 10.5. The lowest BCUT2D eigenvalue weighted by Gasteiger charge is -2.39. The number of para-hydroxylation sites is 4. The van der Waals surface area contributed by atoms with E-state index < -0.39 is 0 Å². The van der Waals surface area contributed by atoms with Gasteiger partial charge in [0.05, 0.1) is 11.0 Å². The Morgan fingerprint density at radius 3 is 2.02 bits per heavy atom. The molecule has 2 aliphatic heterocycles. The van der Waals surface area contributed by atoms with Crippen molar-refractivity contribution in [1.29, 1.82) is 5.26 Å². The Morgan fingerprint density at radius 2 is 1.24 bits per heavy atom. The van der Waals surface area contributed by atoms with Gasteiger partial charge in [-0.15, -0.1) is 0 Å². The number of benzene rings is 5. The Bertz CT molecular complexity index is 2230. The molecule has 4 heterocycles. The fourth-order valence-corrected chi connectivity index (χ4v) is 6.70. The Kier molecular flexibility index (Phi) is 4.67. The van der Waals surface area contributed by atoms with E-state index in [0.29, 0.717) is 11.6 Å². The minimum atomic E-state index is 0.0164. The molecule has 2 aromatic heterocycles. The highest BCUT2D eigenvalue weighted by Gasteiger charge is 2.41. The maximum absolute atomic E-state index is 10.1. The molecule has 0 bridgehead atoms. The summed E-state index contributed by atoms with van der Waals surface area (Å²) in [6, 6.07) is 43.6. The van der Waals surface area contributed by atoms with Gasteiger partial charge in [-0.05, 0) is 52.8 Å². The van der Waals surface area contributed by atoms with E-state index >= 15 is 0 Å². The molecule has 0 saturated carbocycles. The lowest BCUT2D eigenvalue weighted by molar-refractivity contribution is 0.487. The van der Waals surface area contributed by atoms with Crippen LogP contribution in [0.3, 0.4) is 0 Å². The van der Waals surface area contributed by atoms with E-state index in [9.17, 15) is 5.26 Å². The van der Waals surface area contributed by atoms with Crippen molar-refractivity contribution in [1.82, 2.24) is 14.5 Å². The molecule has 9 rings (SSSR count). The third kappa shape index (κ3) is 3.09. The zero-order valence-corrected chi connectivity index (χ0v) is 22.3. The zero-order valence-electron chi connectivity index (χ0n) is 22.3. The molecule has 0 fully saturated rings. The highest BCUT2D eigenvalue weighted by molar-refractivity contribution is 6.99. The van der Waals surface area contributed by atoms with Gasteiger partial charge in [0.1, 0.15) is 29.2 Å². The molecule has 6 nitrogen and oxygen atoms in total. The van der Waals surface area contributed by atoms with Crippen LogP contribution in [0.2, 0.25) is 0 Å². The molecule has 0 spiro atoms. The average molecular weight is 537 g/mol. The van der Waals surface area contributed by atoms with Crippen LogP contribution < -0.4 is 26.0 Å². The molecule has 7 aromatic rings. The Morgan fingerprint density at radius 1 is 0.619 bits per heavy atom. The summed E-state index contributed by atoms with van der Waals surface area (Å²) in [4.78, 5) is 11.7. The van der Waals surface area contributed by atoms with Crippen LogP contribution in [0.4, 0.5) is 17.2 Å². The normalized spacial score (nSPS) is 12.8. The van der Waals surface area contributed by atoms with E-state index in [1.54, 1.807) is 0 Å². The molecular weight excluding hydrogens is 517 g/mol. The van der Waals surface area contributed by atoms with Gasteiger partial charge in [0.15, 0.2) is 0 Å². The van der Waals surface area contributed by atoms with Gasteiger partial charge in [0.2, 0.25) is 5.82 Å². The standard InChI is InChI=1S/C35H20BN5O/c37-21-32-38-33(40-26-14-5-1-10-22(26)23-11-2-6-15-27(23)40)20-34(39-32)41-28-16-7-3-12-24(28)36-25-13-4-8-18-30(25)42-31-19-9-17-29(41)35(31)36/h1-20H. The fourth-order valence-electron chi connectivity index (χ4n) is 6.70. The van der Waals surface area contributed by atoms with Crippen molar-refractivity contribution in [2.75, 3.05) is 4.90 Å². The van der Waals surface area contributed by atoms with E-state index in [-0.39, 0.29) is 12.5 Å². The second-order valence-electron chi connectivity index (χ2n) is 10.5. The maximum atomic E-state index is 10.1. The zero-order chi connectivity index (χ0) is 27.8. The van der Waals surface area contributed by atoms with Crippen LogP contribution in [0.1, 0.15) is 5.82 Å². The Balaban J connectivity index is 1.33. The topological polar surface area (TPSA) is 67.0 Å². The molecule has 0 radical (unpaired) electrons. The molecular formula is C35H20BN5O. The Hall–Kier alpha value is -5.87. The minimum absolute atomic E-state index is 0.0164. The summed E-state index contributed by atoms with van der Waals surface area (Å²) in [5.74, 6) is 3.07. The number of nitriles is 1. The van der Waals surface area contributed by atoms with Crippen LogP contribution in [0, 0.1) is 11.3 Å². The minimum Gasteiger partial charge on any atom is -0.458 e. The monoisotopic (exact) mass is 537 g/mol. The van der Waals surface area contributed by atoms with E-state index in [1.807, 2.05) is 60.7 Å². The van der Waals surface area contributed by atoms with Crippen molar-refractivity contribution in [3.8, 4) is 23.4 Å². The third-order valence-corrected chi connectivity index (χ3v) is 8.35. The van der Waals surface area contributed by atoms with E-state index in [1.165, 1.54) is 0 Å². The van der Waals surface area contributed by atoms with Crippen molar-refractivity contribution in [2.24, 2.45) is 0 Å². The predicted molar refractivity (Wildman–Crippen MR) is 167 cm³/mol. The number of ether oxygens (including phenoxy) is 1. The van der Waals surface area contributed by atoms with Gasteiger partial charge in [0.25, 0.3) is 6.71 Å². The number of anilines is 3. The van der Waals surface area contributed by atoms with Crippen LogP contribution in [-0.2, 0) is 0 Å². The van der Waals surface area contributed by atoms with Gasteiger partial charge in [-0.3, -0.25) is 9.47 Å². The molecule has 2 aliphatic rings. The van der Waals surface area contributed by atoms with Crippen molar-refractivity contribution < 1.29 is 4.74 Å². The summed E-state index contributed by atoms with van der Waals surface area (Å²) < 4.78 is 8.55. The van der Waals surface area contributed by atoms with Gasteiger partial charge in [-0.1, -0.05) is 78.9 Å². The highest BCUT2D eigenvalue weighted by atomic mass is 16.5. The molecule has 0 unspecified atom stereocenters. The first-order valence-electron chi connectivity index (χ1n) is 13.9. The molecule has 0 saturated heterocycles. The number of aromatic nitrogens is 3. The fraction of sp³-hybridized carbons (Fsp3) is 0. The summed E-state index contributed by atoms with van der Waals surface area (Å²) in [5.41, 5.74) is 7.41. The highest BCUT2D eigenvalue weighted by Crippen LogP contribution is 2.40. The number of fused-ring (bicyclic) bond motifs is 7. The molecule has 194 valence electrons. The van der Waals surface area contributed by atoms with E-state index in [0.717, 1.165) is 61.1 Å². The van der Waals surface area contributed by atoms with Crippen molar-refractivity contribution in [3.63, 3.8) is 0 Å². The smallest absolute Gasteiger partial charge is 0.256 e. The van der Waals surface area contributed by atoms with E-state index in [4.69, 9.17) is 14.7 Å². The first-order valence-corrected chi connectivity index (χ1v) is 13.9. The Labute approximate surface area is 241 Å². The summed E-state index contributed by atoms with van der Waals surface area (Å²) in [6.45, 7) is 0.0164. The number of hydrogen-bond acceptors (Lipinski definition) is 5. The molecule has 0 amide bonds. The largest absolute Gasteiger partial charge is 0.458 e. The molecule has 42 heavy (non-hydrogen) atoms. The maximum Gasteiger partial charge on any atom is 0.256 e.